The molecule has 146 valence electrons. The normalized spacial score (nSPS) is 17.8. The number of ether oxygens (including phenoxy) is 1. The number of urea groups is 1. The Morgan fingerprint density at radius 3 is 2.50 bits per heavy atom. The number of carbonyl (C=O) groups excluding carboxylic acids is 1. The highest BCUT2D eigenvalue weighted by Crippen LogP contribution is 2.28. The van der Waals surface area contributed by atoms with Gasteiger partial charge in [0.1, 0.15) is 5.82 Å². The second kappa shape index (κ2) is 9.74. The molecule has 1 aromatic rings. The van der Waals surface area contributed by atoms with Crippen LogP contribution in [0.1, 0.15) is 32.4 Å². The van der Waals surface area contributed by atoms with Crippen LogP contribution in [-0.4, -0.2) is 49.8 Å². The number of amides is 2. The van der Waals surface area contributed by atoms with Crippen molar-refractivity contribution >= 4 is 29.2 Å². The van der Waals surface area contributed by atoms with Gasteiger partial charge in [0.2, 0.25) is 0 Å². The Morgan fingerprint density at radius 2 is 1.88 bits per heavy atom. The zero-order chi connectivity index (χ0) is 19.3. The van der Waals surface area contributed by atoms with Crippen LogP contribution in [0, 0.1) is 11.7 Å². The Balaban J connectivity index is 1.91. The van der Waals surface area contributed by atoms with Gasteiger partial charge in [-0.05, 0) is 30.5 Å². The van der Waals surface area contributed by atoms with Gasteiger partial charge in [-0.2, -0.15) is 0 Å². The Labute approximate surface area is 164 Å². The molecule has 2 N–H and O–H groups in total. The maximum absolute atomic E-state index is 13.7. The summed E-state index contributed by atoms with van der Waals surface area (Å²) >= 11 is 11.8. The maximum Gasteiger partial charge on any atom is 0.315 e. The number of carbonyl (C=O) groups is 1. The van der Waals surface area contributed by atoms with Crippen molar-refractivity contribution in [1.82, 2.24) is 15.5 Å². The van der Waals surface area contributed by atoms with Crippen molar-refractivity contribution in [1.29, 1.82) is 0 Å². The number of morpholine rings is 1. The van der Waals surface area contributed by atoms with Gasteiger partial charge in [0.15, 0.2) is 0 Å². The van der Waals surface area contributed by atoms with Gasteiger partial charge >= 0.3 is 6.03 Å². The molecule has 0 saturated carbocycles. The SMILES string of the molecule is CC(NC(=O)NCC(C(C)C)N1CCOCC1)c1cc(F)c(Cl)cc1Cl. The summed E-state index contributed by atoms with van der Waals surface area (Å²) in [7, 11) is 0. The minimum atomic E-state index is -0.563. The van der Waals surface area contributed by atoms with Gasteiger partial charge in [0, 0.05) is 30.7 Å². The van der Waals surface area contributed by atoms with Crippen molar-refractivity contribution in [3.8, 4) is 0 Å². The summed E-state index contributed by atoms with van der Waals surface area (Å²) in [5, 5.41) is 5.98. The first kappa shape index (κ1) is 21.2. The van der Waals surface area contributed by atoms with Crippen molar-refractivity contribution in [3.63, 3.8) is 0 Å². The lowest BCUT2D eigenvalue weighted by Crippen LogP contribution is -2.52. The summed E-state index contributed by atoms with van der Waals surface area (Å²) in [5.41, 5.74) is 0.484. The molecule has 0 radical (unpaired) electrons. The first-order chi connectivity index (χ1) is 12.3. The zero-order valence-electron chi connectivity index (χ0n) is 15.3. The third kappa shape index (κ3) is 5.71. The van der Waals surface area contributed by atoms with Crippen molar-refractivity contribution in [3.05, 3.63) is 33.6 Å². The topological polar surface area (TPSA) is 53.6 Å². The van der Waals surface area contributed by atoms with Gasteiger partial charge in [-0.15, -0.1) is 0 Å². The van der Waals surface area contributed by atoms with Crippen molar-refractivity contribution in [2.75, 3.05) is 32.8 Å². The molecule has 1 aromatic carbocycles. The lowest BCUT2D eigenvalue weighted by Gasteiger charge is -2.37. The van der Waals surface area contributed by atoms with E-state index in [1.807, 2.05) is 0 Å². The highest BCUT2D eigenvalue weighted by molar-refractivity contribution is 6.35. The van der Waals surface area contributed by atoms with Crippen molar-refractivity contribution in [2.24, 2.45) is 5.92 Å². The van der Waals surface area contributed by atoms with Crippen LogP contribution in [0.5, 0.6) is 0 Å². The summed E-state index contributed by atoms with van der Waals surface area (Å²) in [5.74, 6) is -0.169. The smallest absolute Gasteiger partial charge is 0.315 e. The van der Waals surface area contributed by atoms with E-state index >= 15 is 0 Å². The lowest BCUT2D eigenvalue weighted by atomic mass is 10.0. The Bertz CT molecular complexity index is 625. The standard InChI is InChI=1S/C18H26Cl2FN3O2/c1-11(2)17(24-4-6-26-7-5-24)10-22-18(25)23-12(3)13-8-16(21)15(20)9-14(13)19/h8-9,11-12,17H,4-7,10H2,1-3H3,(H2,22,23,25). The molecule has 1 aliphatic heterocycles. The van der Waals surface area contributed by atoms with E-state index in [-0.39, 0.29) is 17.1 Å². The quantitative estimate of drug-likeness (QED) is 0.706. The Morgan fingerprint density at radius 1 is 1.23 bits per heavy atom. The van der Waals surface area contributed by atoms with Crippen LogP contribution in [0.3, 0.4) is 0 Å². The highest BCUT2D eigenvalue weighted by Gasteiger charge is 2.24. The molecule has 1 fully saturated rings. The van der Waals surface area contributed by atoms with Gasteiger partial charge in [0.05, 0.1) is 24.3 Å². The Hall–Kier alpha value is -1.08. The molecule has 5 nitrogen and oxygen atoms in total. The monoisotopic (exact) mass is 405 g/mol. The number of halogens is 3. The number of benzene rings is 1. The molecule has 2 atom stereocenters. The van der Waals surface area contributed by atoms with E-state index in [0.717, 1.165) is 13.1 Å². The molecular weight excluding hydrogens is 380 g/mol. The molecule has 0 spiro atoms. The van der Waals surface area contributed by atoms with Crippen LogP contribution in [-0.2, 0) is 4.74 Å². The number of nitrogens with zero attached hydrogens (tertiary/aromatic N) is 1. The molecule has 1 aliphatic rings. The van der Waals surface area contributed by atoms with Crippen molar-refractivity contribution < 1.29 is 13.9 Å². The molecule has 0 aliphatic carbocycles. The summed E-state index contributed by atoms with van der Waals surface area (Å²) in [6.45, 7) is 9.71. The Kier molecular flexibility index (Phi) is 7.95. The highest BCUT2D eigenvalue weighted by atomic mass is 35.5. The van der Waals surface area contributed by atoms with E-state index in [2.05, 4.69) is 29.4 Å². The predicted molar refractivity (Wildman–Crippen MR) is 102 cm³/mol. The fraction of sp³-hybridized carbons (Fsp3) is 0.611. The minimum absolute atomic E-state index is 0.0410. The van der Waals surface area contributed by atoms with Crippen molar-refractivity contribution in [2.45, 2.75) is 32.9 Å². The molecule has 2 rings (SSSR count). The predicted octanol–water partition coefficient (Wildman–Crippen LogP) is 3.85. The van der Waals surface area contributed by atoms with Gasteiger partial charge in [-0.1, -0.05) is 37.0 Å². The molecule has 8 heteroatoms. The van der Waals surface area contributed by atoms with Crippen LogP contribution in [0.2, 0.25) is 10.0 Å². The van der Waals surface area contributed by atoms with Gasteiger partial charge in [-0.25, -0.2) is 9.18 Å². The summed E-state index contributed by atoms with van der Waals surface area (Å²) in [6, 6.07) is 2.06. The van der Waals surface area contributed by atoms with E-state index < -0.39 is 11.9 Å². The van der Waals surface area contributed by atoms with Crippen LogP contribution in [0.4, 0.5) is 9.18 Å². The second-order valence-electron chi connectivity index (χ2n) is 6.82. The maximum atomic E-state index is 13.7. The molecular formula is C18H26Cl2FN3O2. The van der Waals surface area contributed by atoms with Crippen LogP contribution >= 0.6 is 23.2 Å². The first-order valence-electron chi connectivity index (χ1n) is 8.80. The van der Waals surface area contributed by atoms with Gasteiger partial charge in [-0.3, -0.25) is 4.90 Å². The van der Waals surface area contributed by atoms with Crippen LogP contribution in [0.25, 0.3) is 0 Å². The third-order valence-electron chi connectivity index (χ3n) is 4.61. The largest absolute Gasteiger partial charge is 0.379 e. The second-order valence-corrected chi connectivity index (χ2v) is 7.64. The van der Waals surface area contributed by atoms with Crippen LogP contribution < -0.4 is 10.6 Å². The molecule has 1 saturated heterocycles. The van der Waals surface area contributed by atoms with Crippen LogP contribution in [0.15, 0.2) is 12.1 Å². The fourth-order valence-electron chi connectivity index (χ4n) is 3.09. The summed E-state index contributed by atoms with van der Waals surface area (Å²) in [6.07, 6.45) is 0. The summed E-state index contributed by atoms with van der Waals surface area (Å²) < 4.78 is 19.1. The molecule has 26 heavy (non-hydrogen) atoms. The van der Waals surface area contributed by atoms with E-state index in [1.165, 1.54) is 12.1 Å². The van der Waals surface area contributed by atoms with Gasteiger partial charge < -0.3 is 15.4 Å². The molecule has 2 unspecified atom stereocenters. The lowest BCUT2D eigenvalue weighted by molar-refractivity contribution is 0.00718. The van der Waals surface area contributed by atoms with E-state index in [1.54, 1.807) is 6.92 Å². The van der Waals surface area contributed by atoms with Gasteiger partial charge in [0.25, 0.3) is 0 Å². The number of hydrogen-bond donors (Lipinski definition) is 2. The number of nitrogens with one attached hydrogen (secondary N) is 2. The minimum Gasteiger partial charge on any atom is -0.379 e. The zero-order valence-corrected chi connectivity index (χ0v) is 16.8. The summed E-state index contributed by atoms with van der Waals surface area (Å²) in [4.78, 5) is 14.6. The fourth-order valence-corrected chi connectivity index (χ4v) is 3.63. The first-order valence-corrected chi connectivity index (χ1v) is 9.55. The molecule has 2 amide bonds. The number of rotatable bonds is 6. The number of hydrogen-bond acceptors (Lipinski definition) is 3. The van der Waals surface area contributed by atoms with E-state index in [4.69, 9.17) is 27.9 Å². The molecule has 0 bridgehead atoms. The van der Waals surface area contributed by atoms with E-state index in [0.29, 0.717) is 36.3 Å². The molecule has 0 aromatic heterocycles. The third-order valence-corrected chi connectivity index (χ3v) is 5.23. The average molecular weight is 406 g/mol. The average Bonchev–Trinajstić information content (AvgIpc) is 2.58. The van der Waals surface area contributed by atoms with E-state index in [9.17, 15) is 9.18 Å². The molecule has 1 heterocycles.